The zero-order valence-corrected chi connectivity index (χ0v) is 12.3. The minimum atomic E-state index is -0.510. The molecule has 1 fully saturated rings. The highest BCUT2D eigenvalue weighted by Crippen LogP contribution is 2.17. The number of rotatable bonds is 2. The van der Waals surface area contributed by atoms with Gasteiger partial charge in [0.05, 0.1) is 6.10 Å². The number of fused-ring (bicyclic) bond motifs is 1. The Hall–Kier alpha value is -1.40. The van der Waals surface area contributed by atoms with Crippen molar-refractivity contribution >= 4 is 22.5 Å². The molecule has 6 heteroatoms. The van der Waals surface area contributed by atoms with Gasteiger partial charge in [-0.3, -0.25) is 9.69 Å². The number of likely N-dealkylation sites (tertiary alicyclic amines) is 1. The maximum Gasteiger partial charge on any atom is 0.189 e. The fraction of sp³-hybridized carbons (Fsp3) is 0.400. The van der Waals surface area contributed by atoms with Crippen LogP contribution in [-0.2, 0) is 6.54 Å². The monoisotopic (exact) mass is 307 g/mol. The first kappa shape index (κ1) is 14.5. The van der Waals surface area contributed by atoms with Crippen LogP contribution in [0.15, 0.2) is 29.1 Å². The number of hydrogen-bond donors (Lipinski definition) is 3. The van der Waals surface area contributed by atoms with Crippen LogP contribution in [0.2, 0.25) is 5.02 Å². The lowest BCUT2D eigenvalue weighted by Gasteiger charge is -2.33. The zero-order chi connectivity index (χ0) is 15.0. The van der Waals surface area contributed by atoms with Gasteiger partial charge in [-0.15, -0.1) is 0 Å². The van der Waals surface area contributed by atoms with Crippen molar-refractivity contribution in [2.75, 3.05) is 13.1 Å². The lowest BCUT2D eigenvalue weighted by atomic mass is 10.0. The topological polar surface area (TPSA) is 82.3 Å². The van der Waals surface area contributed by atoms with E-state index >= 15 is 0 Å². The highest BCUT2D eigenvalue weighted by molar-refractivity contribution is 6.31. The summed E-state index contributed by atoms with van der Waals surface area (Å²) >= 11 is 5.92. The quantitative estimate of drug-likeness (QED) is 0.775. The Morgan fingerprint density at radius 3 is 3.00 bits per heavy atom. The van der Waals surface area contributed by atoms with E-state index in [-0.39, 0.29) is 11.5 Å². The Labute approximate surface area is 127 Å². The van der Waals surface area contributed by atoms with Crippen molar-refractivity contribution in [3.8, 4) is 0 Å². The van der Waals surface area contributed by atoms with Crippen LogP contribution >= 0.6 is 11.6 Å². The molecule has 0 radical (unpaired) electrons. The molecule has 4 N–H and O–H groups in total. The molecular formula is C15H18ClN3O2. The Balaban J connectivity index is 1.85. The Kier molecular flexibility index (Phi) is 3.99. The van der Waals surface area contributed by atoms with Crippen molar-refractivity contribution in [1.82, 2.24) is 9.88 Å². The smallest absolute Gasteiger partial charge is 0.189 e. The number of hydrogen-bond acceptors (Lipinski definition) is 4. The number of β-amino-alcohol motifs (C(OH)–C–C–N with tert-alkyl or cyclic N) is 1. The molecule has 1 aromatic heterocycles. The molecule has 1 aliphatic rings. The summed E-state index contributed by atoms with van der Waals surface area (Å²) in [5.74, 6) is 0. The van der Waals surface area contributed by atoms with Crippen LogP contribution in [0.1, 0.15) is 12.1 Å². The average Bonchev–Trinajstić information content (AvgIpc) is 2.44. The third kappa shape index (κ3) is 3.11. The Morgan fingerprint density at radius 2 is 2.24 bits per heavy atom. The van der Waals surface area contributed by atoms with Crippen molar-refractivity contribution in [2.45, 2.75) is 25.1 Å². The predicted molar refractivity (Wildman–Crippen MR) is 83.5 cm³/mol. The molecule has 0 bridgehead atoms. The highest BCUT2D eigenvalue weighted by atomic mass is 35.5. The lowest BCUT2D eigenvalue weighted by Crippen LogP contribution is -2.50. The fourth-order valence-electron chi connectivity index (χ4n) is 2.76. The van der Waals surface area contributed by atoms with Gasteiger partial charge in [0.15, 0.2) is 5.43 Å². The molecule has 0 spiro atoms. The SMILES string of the molecule is NC1CCN(Cc2cc(=O)c3cc(Cl)ccc3[nH]2)CC1O. The van der Waals surface area contributed by atoms with Crippen LogP contribution in [0, 0.1) is 0 Å². The van der Waals surface area contributed by atoms with Gasteiger partial charge in [-0.2, -0.15) is 0 Å². The van der Waals surface area contributed by atoms with Gasteiger partial charge in [0.25, 0.3) is 0 Å². The number of nitrogens with zero attached hydrogens (tertiary/aromatic N) is 1. The first-order valence-corrected chi connectivity index (χ1v) is 7.38. The minimum absolute atomic E-state index is 0.0458. The number of halogens is 1. The van der Waals surface area contributed by atoms with E-state index in [4.69, 9.17) is 17.3 Å². The van der Waals surface area contributed by atoms with Gasteiger partial charge < -0.3 is 15.8 Å². The van der Waals surface area contributed by atoms with Crippen molar-refractivity contribution in [3.63, 3.8) is 0 Å². The summed E-state index contributed by atoms with van der Waals surface area (Å²) < 4.78 is 0. The van der Waals surface area contributed by atoms with E-state index in [0.717, 1.165) is 24.2 Å². The van der Waals surface area contributed by atoms with E-state index in [0.29, 0.717) is 23.5 Å². The number of aliphatic hydroxyl groups is 1. The molecule has 0 aliphatic carbocycles. The third-order valence-electron chi connectivity index (χ3n) is 3.96. The summed E-state index contributed by atoms with van der Waals surface area (Å²) in [5.41, 5.74) is 7.36. The van der Waals surface area contributed by atoms with E-state index in [1.54, 1.807) is 18.2 Å². The van der Waals surface area contributed by atoms with Crippen LogP contribution in [0.25, 0.3) is 10.9 Å². The van der Waals surface area contributed by atoms with Crippen LogP contribution in [0.4, 0.5) is 0 Å². The first-order chi connectivity index (χ1) is 10.0. The molecule has 0 saturated carbocycles. The van der Waals surface area contributed by atoms with E-state index in [9.17, 15) is 9.90 Å². The second kappa shape index (κ2) is 5.77. The summed E-state index contributed by atoms with van der Waals surface area (Å²) in [6.07, 6.45) is 0.249. The summed E-state index contributed by atoms with van der Waals surface area (Å²) in [6, 6.07) is 6.68. The normalized spacial score (nSPS) is 23.6. The van der Waals surface area contributed by atoms with Gasteiger partial charge in [-0.25, -0.2) is 0 Å². The van der Waals surface area contributed by atoms with Crippen molar-refractivity contribution in [1.29, 1.82) is 0 Å². The molecule has 1 aromatic carbocycles. The Morgan fingerprint density at radius 1 is 1.43 bits per heavy atom. The molecule has 21 heavy (non-hydrogen) atoms. The van der Waals surface area contributed by atoms with Crippen LogP contribution in [-0.4, -0.2) is 40.2 Å². The van der Waals surface area contributed by atoms with Gasteiger partial charge in [0.1, 0.15) is 0 Å². The summed E-state index contributed by atoms with van der Waals surface area (Å²) in [7, 11) is 0. The Bertz CT molecular complexity index is 716. The third-order valence-corrected chi connectivity index (χ3v) is 4.19. The zero-order valence-electron chi connectivity index (χ0n) is 11.6. The van der Waals surface area contributed by atoms with Crippen molar-refractivity contribution < 1.29 is 5.11 Å². The number of H-pyrrole nitrogens is 1. The molecule has 3 rings (SSSR count). The number of nitrogens with one attached hydrogen (secondary N) is 1. The number of pyridine rings is 1. The van der Waals surface area contributed by atoms with Crippen LogP contribution < -0.4 is 11.2 Å². The molecule has 1 aliphatic heterocycles. The molecule has 2 heterocycles. The molecule has 2 unspecified atom stereocenters. The molecule has 112 valence electrons. The second-order valence-corrected chi connectivity index (χ2v) is 6.04. The van der Waals surface area contributed by atoms with Crippen LogP contribution in [0.3, 0.4) is 0 Å². The number of nitrogens with two attached hydrogens (primary N) is 1. The maximum atomic E-state index is 12.1. The summed E-state index contributed by atoms with van der Waals surface area (Å²) in [5, 5.41) is 11.0. The number of aliphatic hydroxyl groups excluding tert-OH is 1. The highest BCUT2D eigenvalue weighted by Gasteiger charge is 2.24. The lowest BCUT2D eigenvalue weighted by molar-refractivity contribution is 0.0494. The number of piperidine rings is 1. The van der Waals surface area contributed by atoms with Crippen LogP contribution in [0.5, 0.6) is 0 Å². The van der Waals surface area contributed by atoms with E-state index in [1.807, 2.05) is 6.07 Å². The molecule has 5 nitrogen and oxygen atoms in total. The predicted octanol–water partition coefficient (Wildman–Crippen LogP) is 1.08. The minimum Gasteiger partial charge on any atom is -0.390 e. The van der Waals surface area contributed by atoms with Gasteiger partial charge >= 0.3 is 0 Å². The molecule has 1 saturated heterocycles. The van der Waals surface area contributed by atoms with E-state index in [1.165, 1.54) is 0 Å². The van der Waals surface area contributed by atoms with Crippen molar-refractivity contribution in [3.05, 3.63) is 45.2 Å². The van der Waals surface area contributed by atoms with Gasteiger partial charge in [0, 0.05) is 53.4 Å². The molecule has 2 aromatic rings. The maximum absolute atomic E-state index is 12.1. The van der Waals surface area contributed by atoms with Crippen molar-refractivity contribution in [2.24, 2.45) is 5.73 Å². The fourth-order valence-corrected chi connectivity index (χ4v) is 2.93. The number of aromatic nitrogens is 1. The second-order valence-electron chi connectivity index (χ2n) is 5.60. The standard InChI is InChI=1S/C15H18ClN3O2/c16-9-1-2-13-11(5-9)14(20)6-10(18-13)7-19-4-3-12(17)15(21)8-19/h1-2,5-6,12,15,21H,3-4,7-8,17H2,(H,18,20). The van der Waals surface area contributed by atoms with Gasteiger partial charge in [0.2, 0.25) is 0 Å². The molecular weight excluding hydrogens is 290 g/mol. The van der Waals surface area contributed by atoms with E-state index < -0.39 is 6.10 Å². The van der Waals surface area contributed by atoms with E-state index in [2.05, 4.69) is 9.88 Å². The molecule has 0 amide bonds. The van der Waals surface area contributed by atoms with Gasteiger partial charge in [-0.1, -0.05) is 11.6 Å². The van der Waals surface area contributed by atoms with Gasteiger partial charge in [-0.05, 0) is 24.6 Å². The number of benzene rings is 1. The number of aromatic amines is 1. The molecule has 2 atom stereocenters. The summed E-state index contributed by atoms with van der Waals surface area (Å²) in [6.45, 7) is 1.94. The largest absolute Gasteiger partial charge is 0.390 e. The average molecular weight is 308 g/mol. The first-order valence-electron chi connectivity index (χ1n) is 7.00. The summed E-state index contributed by atoms with van der Waals surface area (Å²) in [4.78, 5) is 17.5.